The summed E-state index contributed by atoms with van der Waals surface area (Å²) in [6.07, 6.45) is 10.1. The molecule has 0 bridgehead atoms. The number of Topliss-reactive ketones (excluding diaryl/α,β-unsaturated/α-hetero) is 1. The summed E-state index contributed by atoms with van der Waals surface area (Å²) in [5.41, 5.74) is 2.42. The maximum absolute atomic E-state index is 12.1. The molecule has 23 heavy (non-hydrogen) atoms. The fraction of sp³-hybridized carbons (Fsp3) is 0.722. The van der Waals surface area contributed by atoms with Crippen LogP contribution in [-0.4, -0.2) is 27.7 Å². The number of hydrogen-bond acceptors (Lipinski definition) is 3. The highest BCUT2D eigenvalue weighted by Crippen LogP contribution is 2.33. The zero-order chi connectivity index (χ0) is 15.8. The zero-order valence-electron chi connectivity index (χ0n) is 13.6. The second-order valence-electron chi connectivity index (χ2n) is 7.47. The van der Waals surface area contributed by atoms with Gasteiger partial charge in [0, 0.05) is 36.9 Å². The number of aromatic amines is 1. The van der Waals surface area contributed by atoms with Crippen LogP contribution in [0, 0.1) is 5.92 Å². The number of nitrogens with zero attached hydrogens (tertiary/aromatic N) is 1. The first-order valence-electron chi connectivity index (χ1n) is 9.09. The molecule has 0 saturated heterocycles. The number of imidazole rings is 1. The van der Waals surface area contributed by atoms with Crippen molar-refractivity contribution < 1.29 is 9.59 Å². The molecule has 3 aliphatic carbocycles. The van der Waals surface area contributed by atoms with E-state index in [0.29, 0.717) is 18.8 Å². The third-order valence-corrected chi connectivity index (χ3v) is 5.72. The minimum absolute atomic E-state index is 0.0602. The highest BCUT2D eigenvalue weighted by molar-refractivity contribution is 5.96. The van der Waals surface area contributed by atoms with Crippen molar-refractivity contribution in [3.05, 3.63) is 17.2 Å². The van der Waals surface area contributed by atoms with Gasteiger partial charge in [-0.3, -0.25) is 9.59 Å². The molecule has 2 N–H and O–H groups in total. The maximum atomic E-state index is 12.1. The van der Waals surface area contributed by atoms with Crippen LogP contribution in [0.3, 0.4) is 0 Å². The van der Waals surface area contributed by atoms with Gasteiger partial charge in [0.1, 0.15) is 11.6 Å². The molecule has 5 heteroatoms. The molecular weight excluding hydrogens is 290 g/mol. The van der Waals surface area contributed by atoms with Gasteiger partial charge in [0.25, 0.3) is 0 Å². The first-order valence-corrected chi connectivity index (χ1v) is 9.09. The molecule has 2 fully saturated rings. The van der Waals surface area contributed by atoms with E-state index in [1.165, 1.54) is 49.3 Å². The lowest BCUT2D eigenvalue weighted by atomic mass is 9.83. The van der Waals surface area contributed by atoms with Crippen LogP contribution in [0.25, 0.3) is 0 Å². The van der Waals surface area contributed by atoms with Gasteiger partial charge in [-0.2, -0.15) is 0 Å². The van der Waals surface area contributed by atoms with E-state index in [1.54, 1.807) is 0 Å². The van der Waals surface area contributed by atoms with Crippen molar-refractivity contribution in [1.29, 1.82) is 0 Å². The molecule has 1 aromatic heterocycles. The van der Waals surface area contributed by atoms with Crippen LogP contribution >= 0.6 is 0 Å². The summed E-state index contributed by atoms with van der Waals surface area (Å²) < 4.78 is 0. The Bertz CT molecular complexity index is 608. The number of rotatable bonds is 3. The van der Waals surface area contributed by atoms with Gasteiger partial charge in [-0.1, -0.05) is 19.3 Å². The molecule has 1 heterocycles. The number of carbonyl (C=O) groups excluding carboxylic acids is 2. The smallest absolute Gasteiger partial charge is 0.224 e. The van der Waals surface area contributed by atoms with Gasteiger partial charge in [-0.25, -0.2) is 4.98 Å². The van der Waals surface area contributed by atoms with Gasteiger partial charge in [0.05, 0.1) is 11.6 Å². The van der Waals surface area contributed by atoms with Crippen LogP contribution in [-0.2, 0) is 22.4 Å². The summed E-state index contributed by atoms with van der Waals surface area (Å²) in [5.74, 6) is 1.96. The fourth-order valence-electron chi connectivity index (χ4n) is 4.19. The van der Waals surface area contributed by atoms with Gasteiger partial charge in [-0.05, 0) is 25.7 Å². The standard InChI is InChI=1S/C18H25N3O2/c22-14-8-12(9-14)18(23)19-13-6-7-15-16(10-13)21-17(20-15)11-4-2-1-3-5-11/h11-13H,1-10H2,(H,19,23)(H,20,21). The quantitative estimate of drug-likeness (QED) is 0.899. The molecule has 4 rings (SSSR count). The van der Waals surface area contributed by atoms with Crippen LogP contribution < -0.4 is 5.32 Å². The SMILES string of the molecule is O=C1CC(C(=O)NC2CCc3nc(C4CCCCC4)[nH]c3C2)C1. The minimum Gasteiger partial charge on any atom is -0.353 e. The molecule has 0 spiro atoms. The minimum atomic E-state index is -0.0801. The number of carbonyl (C=O) groups is 2. The Labute approximate surface area is 136 Å². The molecule has 1 unspecified atom stereocenters. The Morgan fingerprint density at radius 2 is 1.87 bits per heavy atom. The molecule has 0 aliphatic heterocycles. The fourth-order valence-corrected chi connectivity index (χ4v) is 4.19. The Morgan fingerprint density at radius 1 is 1.09 bits per heavy atom. The lowest BCUT2D eigenvalue weighted by Gasteiger charge is -2.28. The highest BCUT2D eigenvalue weighted by Gasteiger charge is 2.34. The van der Waals surface area contributed by atoms with Crippen molar-refractivity contribution in [3.63, 3.8) is 0 Å². The molecule has 1 amide bonds. The second kappa shape index (κ2) is 6.10. The molecule has 1 aromatic rings. The van der Waals surface area contributed by atoms with Crippen LogP contribution in [0.15, 0.2) is 0 Å². The lowest BCUT2D eigenvalue weighted by molar-refractivity contribution is -0.138. The van der Waals surface area contributed by atoms with Gasteiger partial charge in [0.15, 0.2) is 0 Å². The van der Waals surface area contributed by atoms with Crippen LogP contribution in [0.5, 0.6) is 0 Å². The second-order valence-corrected chi connectivity index (χ2v) is 7.47. The van der Waals surface area contributed by atoms with Gasteiger partial charge < -0.3 is 10.3 Å². The van der Waals surface area contributed by atoms with Crippen LogP contribution in [0.4, 0.5) is 0 Å². The number of ketones is 1. The summed E-state index contributed by atoms with van der Waals surface area (Å²) in [4.78, 5) is 31.5. The lowest BCUT2D eigenvalue weighted by Crippen LogP contribution is -2.45. The maximum Gasteiger partial charge on any atom is 0.224 e. The summed E-state index contributed by atoms with van der Waals surface area (Å²) in [6, 6.07) is 0.186. The highest BCUT2D eigenvalue weighted by atomic mass is 16.2. The molecule has 3 aliphatic rings. The number of amides is 1. The Balaban J connectivity index is 1.38. The number of fused-ring (bicyclic) bond motifs is 1. The van der Waals surface area contributed by atoms with Crippen molar-refractivity contribution in [1.82, 2.24) is 15.3 Å². The third-order valence-electron chi connectivity index (χ3n) is 5.72. The van der Waals surface area contributed by atoms with Crippen molar-refractivity contribution in [2.75, 3.05) is 0 Å². The monoisotopic (exact) mass is 315 g/mol. The predicted octanol–water partition coefficient (Wildman–Crippen LogP) is 2.41. The number of aryl methyl sites for hydroxylation is 1. The van der Waals surface area contributed by atoms with Crippen molar-refractivity contribution in [2.45, 2.75) is 76.2 Å². The first kappa shape index (κ1) is 14.9. The van der Waals surface area contributed by atoms with Crippen LogP contribution in [0.2, 0.25) is 0 Å². The molecule has 5 nitrogen and oxygen atoms in total. The molecule has 2 saturated carbocycles. The summed E-state index contributed by atoms with van der Waals surface area (Å²) in [6.45, 7) is 0. The van der Waals surface area contributed by atoms with Crippen molar-refractivity contribution >= 4 is 11.7 Å². The first-order chi connectivity index (χ1) is 11.2. The van der Waals surface area contributed by atoms with E-state index in [-0.39, 0.29) is 23.7 Å². The van der Waals surface area contributed by atoms with Crippen LogP contribution in [0.1, 0.15) is 74.5 Å². The largest absolute Gasteiger partial charge is 0.353 e. The molecule has 0 aromatic carbocycles. The van der Waals surface area contributed by atoms with Crippen molar-refractivity contribution in [2.24, 2.45) is 5.92 Å². The number of nitrogens with one attached hydrogen (secondary N) is 2. The number of hydrogen-bond donors (Lipinski definition) is 2. The van der Waals surface area contributed by atoms with Crippen molar-refractivity contribution in [3.8, 4) is 0 Å². The predicted molar refractivity (Wildman–Crippen MR) is 86.1 cm³/mol. The summed E-state index contributed by atoms with van der Waals surface area (Å²) in [5, 5.41) is 3.13. The Kier molecular flexibility index (Phi) is 3.95. The summed E-state index contributed by atoms with van der Waals surface area (Å²) >= 11 is 0. The zero-order valence-corrected chi connectivity index (χ0v) is 13.6. The van der Waals surface area contributed by atoms with E-state index in [4.69, 9.17) is 4.98 Å². The van der Waals surface area contributed by atoms with Gasteiger partial charge in [-0.15, -0.1) is 0 Å². The molecule has 0 radical (unpaired) electrons. The molecule has 124 valence electrons. The average Bonchev–Trinajstić information content (AvgIpc) is 2.96. The molecular formula is C18H25N3O2. The Hall–Kier alpha value is -1.65. The van der Waals surface area contributed by atoms with E-state index >= 15 is 0 Å². The number of aromatic nitrogens is 2. The molecule has 1 atom stereocenters. The van der Waals surface area contributed by atoms with E-state index in [2.05, 4.69) is 10.3 Å². The van der Waals surface area contributed by atoms with Gasteiger partial charge in [0.2, 0.25) is 5.91 Å². The normalized spacial score (nSPS) is 25.7. The van der Waals surface area contributed by atoms with E-state index in [9.17, 15) is 9.59 Å². The average molecular weight is 315 g/mol. The topological polar surface area (TPSA) is 74.8 Å². The summed E-state index contributed by atoms with van der Waals surface area (Å²) in [7, 11) is 0. The van der Waals surface area contributed by atoms with E-state index in [0.717, 1.165) is 19.3 Å². The third kappa shape index (κ3) is 3.06. The Morgan fingerprint density at radius 3 is 2.61 bits per heavy atom. The van der Waals surface area contributed by atoms with E-state index < -0.39 is 0 Å². The van der Waals surface area contributed by atoms with Gasteiger partial charge >= 0.3 is 0 Å². The number of H-pyrrole nitrogens is 1. The van der Waals surface area contributed by atoms with E-state index in [1.807, 2.05) is 0 Å².